The van der Waals surface area contributed by atoms with Crippen molar-refractivity contribution in [2.75, 3.05) is 0 Å². The van der Waals surface area contributed by atoms with Crippen LogP contribution in [0.5, 0.6) is 0 Å². The third kappa shape index (κ3) is 3.09. The highest BCUT2D eigenvalue weighted by atomic mass is 32.2. The molecule has 0 spiro atoms. The lowest BCUT2D eigenvalue weighted by Crippen LogP contribution is -2.01. The molecule has 2 aromatic carbocycles. The Morgan fingerprint density at radius 3 is 1.58 bits per heavy atom. The van der Waals surface area contributed by atoms with Crippen LogP contribution in [0.3, 0.4) is 0 Å². The zero-order chi connectivity index (χ0) is 21.0. The van der Waals surface area contributed by atoms with E-state index in [1.54, 1.807) is 12.1 Å². The lowest BCUT2D eigenvalue weighted by molar-refractivity contribution is 0.596. The second-order valence-electron chi connectivity index (χ2n) is 6.76. The van der Waals surface area contributed by atoms with Gasteiger partial charge in [-0.15, -0.1) is 22.7 Å². The largest absolute Gasteiger partial charge is 0.435 e. The van der Waals surface area contributed by atoms with Gasteiger partial charge in [0.1, 0.15) is 11.0 Å². The second-order valence-corrected chi connectivity index (χ2v) is 10.6. The van der Waals surface area contributed by atoms with E-state index in [-0.39, 0.29) is 9.79 Å². The number of rotatable bonds is 4. The molecule has 0 unspecified atom stereocenters. The number of hydrogen-bond acceptors (Lipinski definition) is 8. The Morgan fingerprint density at radius 2 is 1.16 bits per heavy atom. The van der Waals surface area contributed by atoms with Gasteiger partial charge < -0.3 is 8.83 Å². The van der Waals surface area contributed by atoms with Crippen molar-refractivity contribution in [1.29, 1.82) is 0 Å². The van der Waals surface area contributed by atoms with Crippen LogP contribution in [0.4, 0.5) is 0 Å². The van der Waals surface area contributed by atoms with Gasteiger partial charge in [0, 0.05) is 0 Å². The van der Waals surface area contributed by atoms with E-state index in [9.17, 15) is 8.42 Å². The summed E-state index contributed by atoms with van der Waals surface area (Å²) in [4.78, 5) is 11.0. The molecule has 6 rings (SSSR count). The average molecular weight is 465 g/mol. The summed E-state index contributed by atoms with van der Waals surface area (Å²) in [5.74, 6) is 0.953. The van der Waals surface area contributed by atoms with Crippen molar-refractivity contribution in [3.8, 4) is 21.5 Å². The molecule has 0 saturated carbocycles. The standard InChI is InChI=1S/C22H12N2O4S3/c25-31(26,13-5-7-17-15(11-13)23-21(27-17)19-3-1-9-29-19)14-6-8-18-16(12-14)24-22(28-18)20-4-2-10-30-20/h1-12H. The highest BCUT2D eigenvalue weighted by molar-refractivity contribution is 7.91. The van der Waals surface area contributed by atoms with E-state index in [1.165, 1.54) is 46.9 Å². The molecular weight excluding hydrogens is 452 g/mol. The van der Waals surface area contributed by atoms with Gasteiger partial charge in [0.25, 0.3) is 0 Å². The molecule has 6 nitrogen and oxygen atoms in total. The number of oxazole rings is 2. The normalized spacial score (nSPS) is 12.1. The van der Waals surface area contributed by atoms with Gasteiger partial charge in [-0.3, -0.25) is 0 Å². The molecule has 0 N–H and O–H groups in total. The molecule has 0 saturated heterocycles. The van der Waals surface area contributed by atoms with Crippen molar-refractivity contribution in [3.05, 3.63) is 71.4 Å². The number of hydrogen-bond donors (Lipinski definition) is 0. The van der Waals surface area contributed by atoms with Crippen molar-refractivity contribution in [3.63, 3.8) is 0 Å². The van der Waals surface area contributed by atoms with E-state index in [2.05, 4.69) is 9.97 Å². The van der Waals surface area contributed by atoms with E-state index in [1.807, 2.05) is 35.0 Å². The number of sulfone groups is 1. The fraction of sp³-hybridized carbons (Fsp3) is 0. The van der Waals surface area contributed by atoms with Gasteiger partial charge in [0.2, 0.25) is 21.6 Å². The predicted molar refractivity (Wildman–Crippen MR) is 120 cm³/mol. The maximum atomic E-state index is 13.3. The van der Waals surface area contributed by atoms with Crippen LogP contribution in [0.15, 0.2) is 90.0 Å². The Balaban J connectivity index is 1.42. The fourth-order valence-electron chi connectivity index (χ4n) is 3.30. The summed E-state index contributed by atoms with van der Waals surface area (Å²) in [7, 11) is -3.77. The van der Waals surface area contributed by atoms with Crippen molar-refractivity contribution in [2.45, 2.75) is 9.79 Å². The smallest absolute Gasteiger partial charge is 0.237 e. The molecule has 9 heteroatoms. The summed E-state index contributed by atoms with van der Waals surface area (Å²) in [6.07, 6.45) is 0. The predicted octanol–water partition coefficient (Wildman–Crippen LogP) is 6.26. The SMILES string of the molecule is O=S(=O)(c1ccc2oc(-c3cccs3)nc2c1)c1ccc2oc(-c3cccs3)nc2c1. The highest BCUT2D eigenvalue weighted by Crippen LogP contribution is 2.32. The Hall–Kier alpha value is -3.27. The van der Waals surface area contributed by atoms with Gasteiger partial charge in [-0.1, -0.05) is 12.1 Å². The fourth-order valence-corrected chi connectivity index (χ4v) is 5.89. The van der Waals surface area contributed by atoms with E-state index in [0.717, 1.165) is 9.75 Å². The van der Waals surface area contributed by atoms with Crippen LogP contribution >= 0.6 is 22.7 Å². The van der Waals surface area contributed by atoms with Gasteiger partial charge in [-0.25, -0.2) is 18.4 Å². The number of benzene rings is 2. The van der Waals surface area contributed by atoms with Crippen LogP contribution < -0.4 is 0 Å². The minimum Gasteiger partial charge on any atom is -0.435 e. The third-order valence-corrected chi connectivity index (χ3v) is 8.27. The van der Waals surface area contributed by atoms with Crippen molar-refractivity contribution in [1.82, 2.24) is 9.97 Å². The number of thiophene rings is 2. The number of aromatic nitrogens is 2. The van der Waals surface area contributed by atoms with Crippen LogP contribution in [0.25, 0.3) is 43.7 Å². The summed E-state index contributed by atoms with van der Waals surface area (Å²) in [6.45, 7) is 0. The van der Waals surface area contributed by atoms with Crippen LogP contribution in [0, 0.1) is 0 Å². The molecule has 0 aliphatic carbocycles. The molecule has 6 aromatic rings. The Kier molecular flexibility index (Phi) is 4.10. The second kappa shape index (κ2) is 6.88. The molecule has 0 bridgehead atoms. The molecule has 4 aromatic heterocycles. The molecule has 0 atom stereocenters. The summed E-state index contributed by atoms with van der Waals surface area (Å²) < 4.78 is 38.1. The Bertz CT molecular complexity index is 1530. The van der Waals surface area contributed by atoms with Gasteiger partial charge in [-0.2, -0.15) is 0 Å². The lowest BCUT2D eigenvalue weighted by atomic mass is 10.3. The third-order valence-electron chi connectivity index (χ3n) is 4.80. The molecule has 152 valence electrons. The minimum absolute atomic E-state index is 0.146. The highest BCUT2D eigenvalue weighted by Gasteiger charge is 2.21. The maximum Gasteiger partial charge on any atom is 0.237 e. The molecule has 0 aliphatic heterocycles. The van der Waals surface area contributed by atoms with Gasteiger partial charge >= 0.3 is 0 Å². The van der Waals surface area contributed by atoms with E-state index in [0.29, 0.717) is 34.0 Å². The first kappa shape index (κ1) is 18.5. The lowest BCUT2D eigenvalue weighted by Gasteiger charge is -2.04. The van der Waals surface area contributed by atoms with Gasteiger partial charge in [0.15, 0.2) is 11.2 Å². The molecule has 31 heavy (non-hydrogen) atoms. The molecular formula is C22H12N2O4S3. The van der Waals surface area contributed by atoms with Crippen LogP contribution in [0.1, 0.15) is 0 Å². The van der Waals surface area contributed by atoms with Crippen molar-refractivity contribution in [2.24, 2.45) is 0 Å². The Morgan fingerprint density at radius 1 is 0.677 bits per heavy atom. The zero-order valence-corrected chi connectivity index (χ0v) is 18.1. The first-order valence-electron chi connectivity index (χ1n) is 9.22. The van der Waals surface area contributed by atoms with Gasteiger partial charge in [0.05, 0.1) is 19.5 Å². The maximum absolute atomic E-state index is 13.3. The summed E-state index contributed by atoms with van der Waals surface area (Å²) >= 11 is 3.02. The van der Waals surface area contributed by atoms with E-state index >= 15 is 0 Å². The van der Waals surface area contributed by atoms with E-state index in [4.69, 9.17) is 8.83 Å². The molecule has 0 fully saturated rings. The van der Waals surface area contributed by atoms with Crippen molar-refractivity contribution < 1.29 is 17.3 Å². The molecule has 0 radical (unpaired) electrons. The van der Waals surface area contributed by atoms with Gasteiger partial charge in [-0.05, 0) is 59.3 Å². The minimum atomic E-state index is -3.77. The number of fused-ring (bicyclic) bond motifs is 2. The molecule has 0 amide bonds. The molecule has 0 aliphatic rings. The van der Waals surface area contributed by atoms with Crippen LogP contribution in [-0.4, -0.2) is 18.4 Å². The van der Waals surface area contributed by atoms with Crippen molar-refractivity contribution >= 4 is 54.7 Å². The zero-order valence-electron chi connectivity index (χ0n) is 15.7. The number of nitrogens with zero attached hydrogens (tertiary/aromatic N) is 2. The summed E-state index contributed by atoms with van der Waals surface area (Å²) in [5, 5.41) is 3.87. The van der Waals surface area contributed by atoms with E-state index < -0.39 is 9.84 Å². The topological polar surface area (TPSA) is 86.2 Å². The summed E-state index contributed by atoms with van der Waals surface area (Å²) in [5.41, 5.74) is 2.06. The average Bonchev–Trinajstić information content (AvgIpc) is 3.57. The monoisotopic (exact) mass is 464 g/mol. The quantitative estimate of drug-likeness (QED) is 0.306. The molecule has 4 heterocycles. The van der Waals surface area contributed by atoms with Crippen LogP contribution in [0.2, 0.25) is 0 Å². The first-order chi connectivity index (χ1) is 15.1. The van der Waals surface area contributed by atoms with Crippen LogP contribution in [-0.2, 0) is 9.84 Å². The summed E-state index contributed by atoms with van der Waals surface area (Å²) in [6, 6.07) is 17.0. The first-order valence-corrected chi connectivity index (χ1v) is 12.5. The Labute approximate surface area is 184 Å².